The molecule has 1 aromatic rings. The maximum absolute atomic E-state index is 8.62. The van der Waals surface area contributed by atoms with Crippen LogP contribution in [0.5, 0.6) is 5.75 Å². The van der Waals surface area contributed by atoms with Gasteiger partial charge in [0, 0.05) is 32.0 Å². The number of oxime groups is 1. The lowest BCUT2D eigenvalue weighted by Gasteiger charge is -2.26. The first-order valence-corrected chi connectivity index (χ1v) is 7.55. The summed E-state index contributed by atoms with van der Waals surface area (Å²) in [6, 6.07) is 6.92. The van der Waals surface area contributed by atoms with Gasteiger partial charge in [0.15, 0.2) is 0 Å². The average molecular weight is 291 g/mol. The van der Waals surface area contributed by atoms with Gasteiger partial charge in [0.25, 0.3) is 0 Å². The minimum Gasteiger partial charge on any atom is -0.493 e. The van der Waals surface area contributed by atoms with E-state index in [0.29, 0.717) is 12.5 Å². The Kier molecular flexibility index (Phi) is 5.44. The largest absolute Gasteiger partial charge is 0.493 e. The molecule has 1 heterocycles. The first kappa shape index (κ1) is 15.6. The van der Waals surface area contributed by atoms with Crippen LogP contribution in [-0.4, -0.2) is 41.7 Å². The van der Waals surface area contributed by atoms with Gasteiger partial charge in [0.1, 0.15) is 11.6 Å². The summed E-state index contributed by atoms with van der Waals surface area (Å²) in [6.45, 7) is 6.92. The first-order valence-electron chi connectivity index (χ1n) is 7.55. The molecule has 0 unspecified atom stereocenters. The van der Waals surface area contributed by atoms with Gasteiger partial charge in [-0.3, -0.25) is 0 Å². The Labute approximate surface area is 126 Å². The van der Waals surface area contributed by atoms with E-state index in [1.54, 1.807) is 0 Å². The number of fused-ring (bicyclic) bond motifs is 1. The third kappa shape index (κ3) is 4.36. The highest BCUT2D eigenvalue weighted by Gasteiger charge is 2.14. The zero-order valence-corrected chi connectivity index (χ0v) is 12.9. The number of hydrogen-bond donors (Lipinski definition) is 2. The van der Waals surface area contributed by atoms with Crippen LogP contribution in [0.15, 0.2) is 23.4 Å². The first-order chi connectivity index (χ1) is 10.1. The highest BCUT2D eigenvalue weighted by molar-refractivity contribution is 5.79. The van der Waals surface area contributed by atoms with Crippen molar-refractivity contribution < 1.29 is 9.94 Å². The summed E-state index contributed by atoms with van der Waals surface area (Å²) in [4.78, 5) is 2.35. The fraction of sp³-hybridized carbons (Fsp3) is 0.562. The molecule has 3 N–H and O–H groups in total. The number of nitrogens with zero attached hydrogens (tertiary/aromatic N) is 2. The zero-order chi connectivity index (χ0) is 15.2. The van der Waals surface area contributed by atoms with Crippen LogP contribution in [0.4, 0.5) is 0 Å². The second-order valence-corrected chi connectivity index (χ2v) is 5.76. The SMILES string of the molecule is CC(C)N(CCC(N)=NO)CCc1ccc2c(c1)CCO2. The van der Waals surface area contributed by atoms with Crippen molar-refractivity contribution in [2.24, 2.45) is 10.9 Å². The Morgan fingerprint density at radius 1 is 1.43 bits per heavy atom. The van der Waals surface area contributed by atoms with Gasteiger partial charge in [0.05, 0.1) is 6.61 Å². The van der Waals surface area contributed by atoms with Crippen LogP contribution in [0.1, 0.15) is 31.4 Å². The van der Waals surface area contributed by atoms with Crippen molar-refractivity contribution in [1.82, 2.24) is 4.90 Å². The third-order valence-electron chi connectivity index (χ3n) is 3.96. The summed E-state index contributed by atoms with van der Waals surface area (Å²) in [5.74, 6) is 1.32. The number of nitrogens with two attached hydrogens (primary N) is 1. The second kappa shape index (κ2) is 7.31. The van der Waals surface area contributed by atoms with Crippen LogP contribution in [0, 0.1) is 0 Å². The Balaban J connectivity index is 1.89. The topological polar surface area (TPSA) is 71.1 Å². The van der Waals surface area contributed by atoms with E-state index in [0.717, 1.165) is 38.3 Å². The molecule has 21 heavy (non-hydrogen) atoms. The molecule has 0 radical (unpaired) electrons. The van der Waals surface area contributed by atoms with E-state index in [2.05, 4.69) is 42.1 Å². The predicted octanol–water partition coefficient (Wildman–Crippen LogP) is 2.01. The fourth-order valence-electron chi connectivity index (χ4n) is 2.60. The molecule has 0 saturated heterocycles. The van der Waals surface area contributed by atoms with Crippen LogP contribution in [-0.2, 0) is 12.8 Å². The molecule has 0 fully saturated rings. The number of amidine groups is 1. The van der Waals surface area contributed by atoms with Crippen molar-refractivity contribution in [1.29, 1.82) is 0 Å². The number of hydrogen-bond acceptors (Lipinski definition) is 4. The summed E-state index contributed by atoms with van der Waals surface area (Å²) < 4.78 is 5.53. The van der Waals surface area contributed by atoms with Gasteiger partial charge >= 0.3 is 0 Å². The van der Waals surface area contributed by atoms with E-state index in [1.807, 2.05) is 0 Å². The molecule has 0 spiro atoms. The van der Waals surface area contributed by atoms with Crippen molar-refractivity contribution >= 4 is 5.84 Å². The standard InChI is InChI=1S/C16H25N3O2/c1-12(2)19(9-6-16(17)18-20)8-5-13-3-4-15-14(11-13)7-10-21-15/h3-4,11-12,20H,5-10H2,1-2H3,(H2,17,18). The molecule has 0 saturated carbocycles. The van der Waals surface area contributed by atoms with E-state index < -0.39 is 0 Å². The fourth-order valence-corrected chi connectivity index (χ4v) is 2.60. The molecule has 1 aliphatic rings. The number of benzene rings is 1. The van der Waals surface area contributed by atoms with Crippen molar-refractivity contribution in [2.45, 2.75) is 39.2 Å². The van der Waals surface area contributed by atoms with E-state index in [9.17, 15) is 0 Å². The van der Waals surface area contributed by atoms with Crippen LogP contribution >= 0.6 is 0 Å². The quantitative estimate of drug-likeness (QED) is 0.349. The van der Waals surface area contributed by atoms with Gasteiger partial charge in [-0.05, 0) is 37.5 Å². The van der Waals surface area contributed by atoms with Crippen molar-refractivity contribution in [3.05, 3.63) is 29.3 Å². The number of ether oxygens (including phenoxy) is 1. The molecule has 2 rings (SSSR count). The Hall–Kier alpha value is -1.75. The van der Waals surface area contributed by atoms with E-state index in [4.69, 9.17) is 15.7 Å². The van der Waals surface area contributed by atoms with E-state index in [1.165, 1.54) is 11.1 Å². The molecule has 5 nitrogen and oxygen atoms in total. The second-order valence-electron chi connectivity index (χ2n) is 5.76. The summed E-state index contributed by atoms with van der Waals surface area (Å²) in [7, 11) is 0. The smallest absolute Gasteiger partial charge is 0.140 e. The molecule has 0 aliphatic carbocycles. The van der Waals surface area contributed by atoms with Crippen molar-refractivity contribution in [3.63, 3.8) is 0 Å². The molecule has 1 aromatic carbocycles. The number of rotatable bonds is 7. The van der Waals surface area contributed by atoms with Gasteiger partial charge in [0.2, 0.25) is 0 Å². The Bertz CT molecular complexity index is 500. The third-order valence-corrected chi connectivity index (χ3v) is 3.96. The molecular formula is C16H25N3O2. The average Bonchev–Trinajstić information content (AvgIpc) is 2.93. The monoisotopic (exact) mass is 291 g/mol. The van der Waals surface area contributed by atoms with Crippen LogP contribution in [0.25, 0.3) is 0 Å². The van der Waals surface area contributed by atoms with Gasteiger partial charge in [-0.25, -0.2) is 0 Å². The summed E-state index contributed by atoms with van der Waals surface area (Å²) in [5.41, 5.74) is 8.21. The summed E-state index contributed by atoms with van der Waals surface area (Å²) >= 11 is 0. The summed E-state index contributed by atoms with van der Waals surface area (Å²) in [6.07, 6.45) is 2.61. The minimum absolute atomic E-state index is 0.287. The molecule has 0 bridgehead atoms. The Morgan fingerprint density at radius 2 is 2.24 bits per heavy atom. The predicted molar refractivity (Wildman–Crippen MR) is 84.1 cm³/mol. The van der Waals surface area contributed by atoms with Crippen LogP contribution in [0.2, 0.25) is 0 Å². The van der Waals surface area contributed by atoms with E-state index >= 15 is 0 Å². The van der Waals surface area contributed by atoms with Crippen molar-refractivity contribution in [3.8, 4) is 5.75 Å². The lowest BCUT2D eigenvalue weighted by Crippen LogP contribution is -2.35. The maximum atomic E-state index is 8.62. The minimum atomic E-state index is 0.287. The van der Waals surface area contributed by atoms with Gasteiger partial charge in [-0.1, -0.05) is 17.3 Å². The molecule has 0 aromatic heterocycles. The molecule has 116 valence electrons. The van der Waals surface area contributed by atoms with Gasteiger partial charge < -0.3 is 20.6 Å². The molecule has 1 aliphatic heterocycles. The summed E-state index contributed by atoms with van der Waals surface area (Å²) in [5, 5.41) is 11.6. The van der Waals surface area contributed by atoms with Crippen LogP contribution < -0.4 is 10.5 Å². The highest BCUT2D eigenvalue weighted by atomic mass is 16.5. The molecule has 0 atom stereocenters. The lowest BCUT2D eigenvalue weighted by molar-refractivity contribution is 0.229. The molecular weight excluding hydrogens is 266 g/mol. The van der Waals surface area contributed by atoms with Gasteiger partial charge in [-0.2, -0.15) is 0 Å². The lowest BCUT2D eigenvalue weighted by atomic mass is 10.1. The van der Waals surface area contributed by atoms with E-state index in [-0.39, 0.29) is 5.84 Å². The Morgan fingerprint density at radius 3 is 2.95 bits per heavy atom. The van der Waals surface area contributed by atoms with Gasteiger partial charge in [-0.15, -0.1) is 0 Å². The molecule has 5 heteroatoms. The maximum Gasteiger partial charge on any atom is 0.140 e. The normalized spacial score (nSPS) is 14.6. The molecule has 0 amide bonds. The zero-order valence-electron chi connectivity index (χ0n) is 12.9. The van der Waals surface area contributed by atoms with Crippen LogP contribution in [0.3, 0.4) is 0 Å². The van der Waals surface area contributed by atoms with Crippen molar-refractivity contribution in [2.75, 3.05) is 19.7 Å². The highest BCUT2D eigenvalue weighted by Crippen LogP contribution is 2.26.